The normalized spacial score (nSPS) is 11.5. The Morgan fingerprint density at radius 1 is 0.952 bits per heavy atom. The number of aromatic nitrogens is 1. The Bertz CT molecular complexity index is 652. The molecule has 1 aromatic carbocycles. The Morgan fingerprint density at radius 3 is 2.19 bits per heavy atom. The van der Waals surface area contributed by atoms with E-state index in [2.05, 4.69) is 16.6 Å². The van der Waals surface area contributed by atoms with Crippen LogP contribution in [0.25, 0.3) is 0 Å². The summed E-state index contributed by atoms with van der Waals surface area (Å²) >= 11 is 0. The summed E-state index contributed by atoms with van der Waals surface area (Å²) in [5, 5.41) is 0. The van der Waals surface area contributed by atoms with Crippen LogP contribution in [0.15, 0.2) is 53.7 Å². The summed E-state index contributed by atoms with van der Waals surface area (Å²) in [4.78, 5) is 4.25. The van der Waals surface area contributed by atoms with Crippen molar-refractivity contribution in [3.8, 4) is 0 Å². The lowest BCUT2D eigenvalue weighted by molar-refractivity contribution is 0.581. The monoisotopic (exact) mass is 304 g/mol. The van der Waals surface area contributed by atoms with E-state index in [0.717, 1.165) is 24.0 Å². The van der Waals surface area contributed by atoms with Gasteiger partial charge in [0.25, 0.3) is 0 Å². The number of nitrogens with zero attached hydrogens (tertiary/aromatic N) is 1. The van der Waals surface area contributed by atoms with Crippen LogP contribution in [0, 0.1) is 0 Å². The fraction of sp³-hybridized carbons (Fsp3) is 0.312. The van der Waals surface area contributed by atoms with Gasteiger partial charge >= 0.3 is 0 Å². The maximum atomic E-state index is 12.2. The summed E-state index contributed by atoms with van der Waals surface area (Å²) in [6, 6.07) is 10.9. The number of hydrogen-bond acceptors (Lipinski definition) is 3. The van der Waals surface area contributed by atoms with Crippen molar-refractivity contribution < 1.29 is 8.42 Å². The van der Waals surface area contributed by atoms with Crippen molar-refractivity contribution in [3.05, 3.63) is 59.9 Å². The number of benzene rings is 1. The van der Waals surface area contributed by atoms with Crippen LogP contribution in [-0.4, -0.2) is 19.9 Å². The molecule has 2 rings (SSSR count). The topological polar surface area (TPSA) is 59.1 Å². The third kappa shape index (κ3) is 4.65. The van der Waals surface area contributed by atoms with E-state index in [1.165, 1.54) is 0 Å². The third-order valence-corrected chi connectivity index (χ3v) is 4.70. The van der Waals surface area contributed by atoms with Crippen molar-refractivity contribution in [1.29, 1.82) is 0 Å². The van der Waals surface area contributed by atoms with Gasteiger partial charge in [0.2, 0.25) is 10.0 Å². The fourth-order valence-corrected chi connectivity index (χ4v) is 3.12. The number of rotatable bonds is 7. The van der Waals surface area contributed by atoms with Gasteiger partial charge in [-0.2, -0.15) is 0 Å². The first-order valence-electron chi connectivity index (χ1n) is 7.09. The zero-order valence-corrected chi connectivity index (χ0v) is 12.9. The second-order valence-corrected chi connectivity index (χ2v) is 6.66. The number of sulfonamides is 1. The molecular formula is C16H20N2O2S. The smallest absolute Gasteiger partial charge is 0.240 e. The maximum Gasteiger partial charge on any atom is 0.240 e. The van der Waals surface area contributed by atoms with Crippen molar-refractivity contribution in [1.82, 2.24) is 9.71 Å². The molecule has 0 atom stereocenters. The molecule has 0 radical (unpaired) electrons. The Labute approximate surface area is 126 Å². The van der Waals surface area contributed by atoms with Gasteiger partial charge in [-0.25, -0.2) is 13.1 Å². The standard InChI is InChI=1S/C16H20N2O2S/c1-2-3-14-4-6-16(7-5-14)21(19,20)18-13-10-15-8-11-17-12-9-15/h4-9,11-12,18H,2-3,10,13H2,1H3. The highest BCUT2D eigenvalue weighted by atomic mass is 32.2. The molecule has 0 aliphatic heterocycles. The van der Waals surface area contributed by atoms with E-state index in [4.69, 9.17) is 0 Å². The molecule has 0 fully saturated rings. The summed E-state index contributed by atoms with van der Waals surface area (Å²) in [6.45, 7) is 2.48. The largest absolute Gasteiger partial charge is 0.265 e. The van der Waals surface area contributed by atoms with Crippen LogP contribution in [-0.2, 0) is 22.9 Å². The van der Waals surface area contributed by atoms with Gasteiger partial charge < -0.3 is 0 Å². The van der Waals surface area contributed by atoms with E-state index < -0.39 is 10.0 Å². The highest BCUT2D eigenvalue weighted by Crippen LogP contribution is 2.11. The lowest BCUT2D eigenvalue weighted by Gasteiger charge is -2.07. The van der Waals surface area contributed by atoms with Crippen LogP contribution in [0.5, 0.6) is 0 Å². The number of pyridine rings is 1. The lowest BCUT2D eigenvalue weighted by atomic mass is 10.1. The number of hydrogen-bond donors (Lipinski definition) is 1. The summed E-state index contributed by atoms with van der Waals surface area (Å²) in [5.74, 6) is 0. The first-order valence-corrected chi connectivity index (χ1v) is 8.57. The molecule has 2 aromatic rings. The van der Waals surface area contributed by atoms with E-state index in [1.807, 2.05) is 24.3 Å². The van der Waals surface area contributed by atoms with Crippen LogP contribution in [0.4, 0.5) is 0 Å². The van der Waals surface area contributed by atoms with E-state index >= 15 is 0 Å². The lowest BCUT2D eigenvalue weighted by Crippen LogP contribution is -2.26. The van der Waals surface area contributed by atoms with Crippen LogP contribution in [0.3, 0.4) is 0 Å². The Balaban J connectivity index is 1.95. The molecule has 0 saturated carbocycles. The molecule has 0 saturated heterocycles. The highest BCUT2D eigenvalue weighted by molar-refractivity contribution is 7.89. The summed E-state index contributed by atoms with van der Waals surface area (Å²) in [5.41, 5.74) is 2.22. The van der Waals surface area contributed by atoms with Crippen molar-refractivity contribution in [2.75, 3.05) is 6.54 Å². The first kappa shape index (κ1) is 15.7. The first-order chi connectivity index (χ1) is 10.1. The van der Waals surface area contributed by atoms with Crippen molar-refractivity contribution >= 4 is 10.0 Å². The minimum absolute atomic E-state index is 0.317. The van der Waals surface area contributed by atoms with Crippen LogP contribution in [0.2, 0.25) is 0 Å². The van der Waals surface area contributed by atoms with Crippen LogP contribution >= 0.6 is 0 Å². The van der Waals surface area contributed by atoms with Crippen molar-refractivity contribution in [3.63, 3.8) is 0 Å². The molecule has 0 aliphatic rings. The van der Waals surface area contributed by atoms with Gasteiger partial charge in [0, 0.05) is 18.9 Å². The van der Waals surface area contributed by atoms with E-state index in [1.54, 1.807) is 24.5 Å². The quantitative estimate of drug-likeness (QED) is 0.855. The Morgan fingerprint density at radius 2 is 1.57 bits per heavy atom. The SMILES string of the molecule is CCCc1ccc(S(=O)(=O)NCCc2ccncc2)cc1. The van der Waals surface area contributed by atoms with Gasteiger partial charge in [-0.1, -0.05) is 25.5 Å². The van der Waals surface area contributed by atoms with Gasteiger partial charge in [0.05, 0.1) is 4.90 Å². The van der Waals surface area contributed by atoms with Crippen LogP contribution < -0.4 is 4.72 Å². The van der Waals surface area contributed by atoms with Gasteiger partial charge in [-0.15, -0.1) is 0 Å². The van der Waals surface area contributed by atoms with Crippen LogP contribution in [0.1, 0.15) is 24.5 Å². The molecule has 112 valence electrons. The predicted molar refractivity (Wildman–Crippen MR) is 83.6 cm³/mol. The molecule has 1 heterocycles. The minimum atomic E-state index is -3.43. The predicted octanol–water partition coefficient (Wildman–Crippen LogP) is 2.56. The third-order valence-electron chi connectivity index (χ3n) is 3.23. The second-order valence-electron chi connectivity index (χ2n) is 4.90. The summed E-state index contributed by atoms with van der Waals surface area (Å²) in [7, 11) is -3.43. The minimum Gasteiger partial charge on any atom is -0.265 e. The number of nitrogens with one attached hydrogen (secondary N) is 1. The summed E-state index contributed by atoms with van der Waals surface area (Å²) < 4.78 is 27.0. The molecule has 21 heavy (non-hydrogen) atoms. The van der Waals surface area contributed by atoms with E-state index in [-0.39, 0.29) is 0 Å². The molecule has 4 nitrogen and oxygen atoms in total. The summed E-state index contributed by atoms with van der Waals surface area (Å²) in [6.07, 6.45) is 6.08. The second kappa shape index (κ2) is 7.33. The van der Waals surface area contributed by atoms with Crippen molar-refractivity contribution in [2.45, 2.75) is 31.1 Å². The molecule has 0 bridgehead atoms. The average molecular weight is 304 g/mol. The molecule has 0 spiro atoms. The highest BCUT2D eigenvalue weighted by Gasteiger charge is 2.12. The molecule has 0 amide bonds. The number of aryl methyl sites for hydroxylation is 1. The Kier molecular flexibility index (Phi) is 5.47. The van der Waals surface area contributed by atoms with E-state index in [0.29, 0.717) is 17.9 Å². The van der Waals surface area contributed by atoms with Gasteiger partial charge in [-0.3, -0.25) is 4.98 Å². The maximum absolute atomic E-state index is 12.2. The molecule has 1 aromatic heterocycles. The molecular weight excluding hydrogens is 284 g/mol. The zero-order chi connectivity index (χ0) is 15.1. The van der Waals surface area contributed by atoms with E-state index in [9.17, 15) is 8.42 Å². The fourth-order valence-electron chi connectivity index (χ4n) is 2.09. The molecule has 0 aliphatic carbocycles. The Hall–Kier alpha value is -1.72. The average Bonchev–Trinajstić information content (AvgIpc) is 2.49. The van der Waals surface area contributed by atoms with Gasteiger partial charge in [0.15, 0.2) is 0 Å². The molecule has 5 heteroatoms. The van der Waals surface area contributed by atoms with Gasteiger partial charge in [0.1, 0.15) is 0 Å². The van der Waals surface area contributed by atoms with Crippen molar-refractivity contribution in [2.24, 2.45) is 0 Å². The molecule has 0 unspecified atom stereocenters. The zero-order valence-electron chi connectivity index (χ0n) is 12.1. The molecule has 1 N–H and O–H groups in total. The van der Waals surface area contributed by atoms with Gasteiger partial charge in [-0.05, 0) is 48.2 Å².